The molecule has 9 heteroatoms. The second-order valence-electron chi connectivity index (χ2n) is 17.1. The summed E-state index contributed by atoms with van der Waals surface area (Å²) in [6.45, 7) is 5.31. The number of hydrogen-bond donors (Lipinski definition) is 1. The van der Waals surface area contributed by atoms with Crippen LogP contribution in [0.2, 0.25) is 0 Å². The number of likely N-dealkylation sites (N-methyl/N-ethyl adjacent to an activating group) is 1. The third-order valence-electron chi connectivity index (χ3n) is 9.83. The molecule has 8 nitrogen and oxygen atoms in total. The number of esters is 1. The number of rotatable bonds is 44. The molecule has 0 amide bonds. The Morgan fingerprint density at radius 3 is 1.30 bits per heavy atom. The van der Waals surface area contributed by atoms with Crippen molar-refractivity contribution in [3.8, 4) is 0 Å². The normalized spacial score (nSPS) is 14.6. The largest absolute Gasteiger partial charge is 0.472 e. The van der Waals surface area contributed by atoms with E-state index in [0.717, 1.165) is 109 Å². The molecule has 0 saturated carbocycles. The maximum absolute atomic E-state index is 12.7. The Hall–Kier alpha value is -2.84. The van der Waals surface area contributed by atoms with Gasteiger partial charge >= 0.3 is 13.8 Å². The Morgan fingerprint density at radius 2 is 0.873 bits per heavy atom. The molecule has 0 heterocycles. The maximum atomic E-state index is 12.7. The van der Waals surface area contributed by atoms with Gasteiger partial charge in [0.05, 0.1) is 34.4 Å². The fraction of sp³-hybridized carbons (Fsp3) is 0.648. The minimum Gasteiger partial charge on any atom is -0.457 e. The average Bonchev–Trinajstić information content (AvgIpc) is 3.24. The summed E-state index contributed by atoms with van der Waals surface area (Å²) in [6, 6.07) is 0. The molecule has 0 aromatic heterocycles. The molecule has 0 saturated heterocycles. The molecule has 0 rings (SSSR count). The Bertz CT molecular complexity index is 1370. The summed E-state index contributed by atoms with van der Waals surface area (Å²) in [6.07, 6.45) is 64.2. The van der Waals surface area contributed by atoms with Crippen molar-refractivity contribution in [2.24, 2.45) is 0 Å². The first-order chi connectivity index (χ1) is 30.6. The first kappa shape index (κ1) is 60.2. The molecular formula is C54H93NO7P+. The topological polar surface area (TPSA) is 91.3 Å². The predicted octanol–water partition coefficient (Wildman–Crippen LogP) is 15.2. The van der Waals surface area contributed by atoms with E-state index >= 15 is 0 Å². The Labute approximate surface area is 387 Å². The van der Waals surface area contributed by atoms with Gasteiger partial charge in [0.25, 0.3) is 0 Å². The third-order valence-corrected chi connectivity index (χ3v) is 10.8. The van der Waals surface area contributed by atoms with Crippen LogP contribution in [0.1, 0.15) is 168 Å². The number of nitrogens with zero attached hydrogens (tertiary/aromatic N) is 1. The second-order valence-corrected chi connectivity index (χ2v) is 18.5. The summed E-state index contributed by atoms with van der Waals surface area (Å²) >= 11 is 0. The van der Waals surface area contributed by atoms with Crippen LogP contribution in [-0.2, 0) is 27.9 Å². The minimum absolute atomic E-state index is 0.0750. The van der Waals surface area contributed by atoms with Gasteiger partial charge in [0.1, 0.15) is 19.3 Å². The van der Waals surface area contributed by atoms with E-state index in [-0.39, 0.29) is 25.8 Å². The van der Waals surface area contributed by atoms with Crippen LogP contribution in [0.5, 0.6) is 0 Å². The number of ether oxygens (including phenoxy) is 2. The molecular weight excluding hydrogens is 806 g/mol. The molecule has 0 radical (unpaired) electrons. The van der Waals surface area contributed by atoms with E-state index < -0.39 is 13.9 Å². The highest BCUT2D eigenvalue weighted by molar-refractivity contribution is 7.47. The molecule has 0 aliphatic rings. The molecule has 2 unspecified atom stereocenters. The van der Waals surface area contributed by atoms with Crippen LogP contribution in [0.15, 0.2) is 109 Å². The summed E-state index contributed by atoms with van der Waals surface area (Å²) in [5.41, 5.74) is 0. The highest BCUT2D eigenvalue weighted by atomic mass is 31.2. The lowest BCUT2D eigenvalue weighted by Gasteiger charge is -2.24. The Morgan fingerprint density at radius 1 is 0.492 bits per heavy atom. The highest BCUT2D eigenvalue weighted by Gasteiger charge is 2.26. The minimum atomic E-state index is -4.30. The van der Waals surface area contributed by atoms with Crippen LogP contribution < -0.4 is 0 Å². The van der Waals surface area contributed by atoms with Crippen molar-refractivity contribution < 1.29 is 37.3 Å². The zero-order valence-corrected chi connectivity index (χ0v) is 41.7. The summed E-state index contributed by atoms with van der Waals surface area (Å²) in [7, 11) is 1.62. The van der Waals surface area contributed by atoms with Crippen molar-refractivity contribution in [3.05, 3.63) is 109 Å². The Balaban J connectivity index is 4.24. The summed E-state index contributed by atoms with van der Waals surface area (Å²) in [5, 5.41) is 0. The maximum Gasteiger partial charge on any atom is 0.472 e. The molecule has 0 fully saturated rings. The fourth-order valence-electron chi connectivity index (χ4n) is 6.10. The van der Waals surface area contributed by atoms with Crippen molar-refractivity contribution >= 4 is 13.8 Å². The number of carbonyl (C=O) groups is 1. The van der Waals surface area contributed by atoms with Crippen LogP contribution in [0, 0.1) is 0 Å². The lowest BCUT2D eigenvalue weighted by atomic mass is 10.1. The van der Waals surface area contributed by atoms with Crippen molar-refractivity contribution in [1.82, 2.24) is 0 Å². The summed E-state index contributed by atoms with van der Waals surface area (Å²) in [5.74, 6) is -0.345. The van der Waals surface area contributed by atoms with Gasteiger partial charge in [-0.25, -0.2) is 4.57 Å². The Kier molecular flexibility index (Phi) is 43.7. The molecule has 0 aromatic carbocycles. The first-order valence-corrected chi connectivity index (χ1v) is 26.1. The molecule has 63 heavy (non-hydrogen) atoms. The zero-order chi connectivity index (χ0) is 46.2. The third kappa shape index (κ3) is 50.0. The quantitative estimate of drug-likeness (QED) is 0.0214. The number of allylic oxidation sites excluding steroid dienone is 18. The monoisotopic (exact) mass is 899 g/mol. The predicted molar refractivity (Wildman–Crippen MR) is 270 cm³/mol. The van der Waals surface area contributed by atoms with E-state index in [1.54, 1.807) is 0 Å². The van der Waals surface area contributed by atoms with Gasteiger partial charge in [-0.15, -0.1) is 0 Å². The SMILES string of the molecule is CC/C=C\C/C=C\C/C=C\C/C=C\C/C=C\CCCCCCCCCCOCC(COP(=O)(O)OCC[N+](C)(C)C)OC(=O)CCCCCC/C=C\C/C=C\C/C=C\C/C=C\CC. The fourth-order valence-corrected chi connectivity index (χ4v) is 6.84. The summed E-state index contributed by atoms with van der Waals surface area (Å²) < 4.78 is 35.1. The van der Waals surface area contributed by atoms with Crippen LogP contribution in [0.3, 0.4) is 0 Å². The van der Waals surface area contributed by atoms with E-state index in [2.05, 4.69) is 123 Å². The number of carbonyl (C=O) groups excluding carboxylic acids is 1. The molecule has 2 atom stereocenters. The van der Waals surface area contributed by atoms with Crippen molar-refractivity contribution in [2.45, 2.75) is 174 Å². The van der Waals surface area contributed by atoms with Gasteiger partial charge < -0.3 is 18.9 Å². The molecule has 0 aromatic rings. The molecule has 0 spiro atoms. The molecule has 0 aliphatic carbocycles. The van der Waals surface area contributed by atoms with E-state index in [4.69, 9.17) is 18.5 Å². The van der Waals surface area contributed by atoms with Gasteiger partial charge in [-0.1, -0.05) is 175 Å². The van der Waals surface area contributed by atoms with Gasteiger partial charge in [0.15, 0.2) is 0 Å². The van der Waals surface area contributed by atoms with Crippen molar-refractivity contribution in [1.29, 1.82) is 0 Å². The number of hydrogen-bond acceptors (Lipinski definition) is 6. The van der Waals surface area contributed by atoms with Gasteiger partial charge in [-0.2, -0.15) is 0 Å². The van der Waals surface area contributed by atoms with Gasteiger partial charge in [0, 0.05) is 13.0 Å². The highest BCUT2D eigenvalue weighted by Crippen LogP contribution is 2.43. The smallest absolute Gasteiger partial charge is 0.457 e. The van der Waals surface area contributed by atoms with E-state index in [9.17, 15) is 14.3 Å². The first-order valence-electron chi connectivity index (χ1n) is 24.6. The van der Waals surface area contributed by atoms with E-state index in [0.29, 0.717) is 24.1 Å². The van der Waals surface area contributed by atoms with Gasteiger partial charge in [-0.05, 0) is 96.3 Å². The van der Waals surface area contributed by atoms with Gasteiger partial charge in [-0.3, -0.25) is 13.8 Å². The summed E-state index contributed by atoms with van der Waals surface area (Å²) in [4.78, 5) is 23.0. The van der Waals surface area contributed by atoms with Crippen LogP contribution >= 0.6 is 7.82 Å². The van der Waals surface area contributed by atoms with Crippen molar-refractivity contribution in [3.63, 3.8) is 0 Å². The number of phosphoric ester groups is 1. The molecule has 0 bridgehead atoms. The van der Waals surface area contributed by atoms with Crippen LogP contribution in [-0.4, -0.2) is 75.6 Å². The van der Waals surface area contributed by atoms with Gasteiger partial charge in [0.2, 0.25) is 0 Å². The van der Waals surface area contributed by atoms with Crippen molar-refractivity contribution in [2.75, 3.05) is 54.1 Å². The van der Waals surface area contributed by atoms with Crippen LogP contribution in [0.25, 0.3) is 0 Å². The van der Waals surface area contributed by atoms with Crippen LogP contribution in [0.4, 0.5) is 0 Å². The van der Waals surface area contributed by atoms with E-state index in [1.165, 1.54) is 38.5 Å². The molecule has 1 N–H and O–H groups in total. The van der Waals surface area contributed by atoms with E-state index in [1.807, 2.05) is 21.1 Å². The number of quaternary nitrogens is 1. The lowest BCUT2D eigenvalue weighted by molar-refractivity contribution is -0.870. The average molecular weight is 899 g/mol. The molecule has 0 aliphatic heterocycles. The zero-order valence-electron chi connectivity index (χ0n) is 40.8. The standard InChI is InChI=1S/C54H92NO7P/c1-6-8-10-12-14-16-18-20-22-24-25-26-27-28-29-30-32-34-36-38-40-42-44-46-49-59-51-53(52-61-63(57,58)60-50-48-55(3,4)5)62-54(56)47-45-43-41-39-37-35-33-31-23-21-19-17-15-13-11-9-7-2/h8-11,14-17,20-23,25-26,28-29,33,35,53H,6-7,12-13,18-19,24,27,30-32,34,36-52H2,1-5H3/p+1/b10-8-,11-9-,16-14-,17-15-,22-20-,23-21-,26-25-,29-28-,35-33-. The number of unbranched alkanes of at least 4 members (excludes halogenated alkanes) is 12. The lowest BCUT2D eigenvalue weighted by Crippen LogP contribution is -2.37. The second kappa shape index (κ2) is 45.7. The number of phosphoric acid groups is 1. The molecule has 360 valence electrons.